The number of anilines is 1. The number of nitrogens with zero attached hydrogens (tertiary/aromatic N) is 4. The second kappa shape index (κ2) is 10.4. The molecule has 5 rings (SSSR count). The first-order valence-electron chi connectivity index (χ1n) is 12.2. The van der Waals surface area contributed by atoms with Crippen molar-refractivity contribution in [2.45, 2.75) is 13.0 Å². The number of carbonyl (C=O) groups excluding carboxylic acids is 1. The van der Waals surface area contributed by atoms with E-state index >= 15 is 0 Å². The molecule has 0 spiro atoms. The number of fused-ring (bicyclic) bond motifs is 1. The molecule has 9 heteroatoms. The molecule has 4 aromatic rings. The Kier molecular flexibility index (Phi) is 6.87. The summed E-state index contributed by atoms with van der Waals surface area (Å²) in [6, 6.07) is 19.9. The minimum absolute atomic E-state index is 0.162. The van der Waals surface area contributed by atoms with E-state index in [4.69, 9.17) is 9.72 Å². The van der Waals surface area contributed by atoms with Crippen LogP contribution in [0.1, 0.15) is 18.8 Å². The molecule has 3 aromatic carbocycles. The van der Waals surface area contributed by atoms with Crippen LogP contribution in [0.2, 0.25) is 0 Å². The molecule has 1 aliphatic heterocycles. The lowest BCUT2D eigenvalue weighted by Crippen LogP contribution is -2.51. The van der Waals surface area contributed by atoms with E-state index < -0.39 is 0 Å². The first-order chi connectivity index (χ1) is 17.9. The number of halogens is 1. The average Bonchev–Trinajstić information content (AvgIpc) is 2.94. The largest absolute Gasteiger partial charge is 0.497 e. The number of piperazine rings is 1. The van der Waals surface area contributed by atoms with E-state index in [0.29, 0.717) is 54.3 Å². The van der Waals surface area contributed by atoms with Crippen LogP contribution in [0.3, 0.4) is 0 Å². The van der Waals surface area contributed by atoms with Gasteiger partial charge in [-0.1, -0.05) is 12.1 Å². The number of aromatic nitrogens is 2. The van der Waals surface area contributed by atoms with Gasteiger partial charge >= 0.3 is 6.03 Å². The monoisotopic (exact) mass is 501 g/mol. The van der Waals surface area contributed by atoms with Crippen LogP contribution in [0.25, 0.3) is 16.6 Å². The molecule has 1 unspecified atom stereocenters. The first kappa shape index (κ1) is 24.5. The number of ether oxygens (including phenoxy) is 1. The zero-order valence-corrected chi connectivity index (χ0v) is 20.7. The molecule has 2 heterocycles. The van der Waals surface area contributed by atoms with Crippen LogP contribution >= 0.6 is 0 Å². The summed E-state index contributed by atoms with van der Waals surface area (Å²) >= 11 is 0. The standard InChI is InChI=1S/C28H28FN5O3/c1-19(32-15-17-33(18-16-32)28(36)30-21-9-13-23(37-2)14-10-21)26-31-25-6-4-3-5-24(25)27(35)34(26)22-11-7-20(29)8-12-22/h3-14,19H,15-18H2,1-2H3,(H,30,36). The van der Waals surface area contributed by atoms with Crippen LogP contribution < -0.4 is 15.6 Å². The molecule has 0 saturated carbocycles. The Balaban J connectivity index is 1.36. The second-order valence-corrected chi connectivity index (χ2v) is 8.96. The van der Waals surface area contributed by atoms with Gasteiger partial charge in [-0.3, -0.25) is 14.3 Å². The van der Waals surface area contributed by atoms with Gasteiger partial charge in [0.2, 0.25) is 0 Å². The quantitative estimate of drug-likeness (QED) is 0.437. The number of rotatable bonds is 5. The van der Waals surface area contributed by atoms with Crippen LogP contribution in [0, 0.1) is 5.82 Å². The van der Waals surface area contributed by atoms with E-state index in [2.05, 4.69) is 10.2 Å². The van der Waals surface area contributed by atoms with Gasteiger partial charge in [-0.15, -0.1) is 0 Å². The van der Waals surface area contributed by atoms with Crippen LogP contribution in [0.15, 0.2) is 77.6 Å². The molecule has 1 N–H and O–H groups in total. The van der Waals surface area contributed by atoms with Gasteiger partial charge < -0.3 is 15.0 Å². The number of hydrogen-bond acceptors (Lipinski definition) is 5. The van der Waals surface area contributed by atoms with Gasteiger partial charge in [0, 0.05) is 31.9 Å². The summed E-state index contributed by atoms with van der Waals surface area (Å²) in [6.45, 7) is 4.29. The molecular formula is C28H28FN5O3. The van der Waals surface area contributed by atoms with Crippen LogP contribution in [0.5, 0.6) is 5.75 Å². The number of urea groups is 1. The number of amides is 2. The third-order valence-electron chi connectivity index (χ3n) is 6.75. The van der Waals surface area contributed by atoms with Crippen LogP contribution in [-0.4, -0.2) is 58.7 Å². The number of benzene rings is 3. The van der Waals surface area contributed by atoms with Crippen LogP contribution in [0.4, 0.5) is 14.9 Å². The molecule has 0 bridgehead atoms. The lowest BCUT2D eigenvalue weighted by molar-refractivity contribution is 0.115. The van der Waals surface area contributed by atoms with E-state index in [1.807, 2.05) is 19.1 Å². The van der Waals surface area contributed by atoms with Gasteiger partial charge in [0.05, 0.1) is 29.7 Å². The molecule has 0 radical (unpaired) electrons. The Morgan fingerprint density at radius 2 is 1.65 bits per heavy atom. The van der Waals surface area contributed by atoms with Gasteiger partial charge in [0.15, 0.2) is 0 Å². The highest BCUT2D eigenvalue weighted by atomic mass is 19.1. The van der Waals surface area contributed by atoms with Gasteiger partial charge in [-0.05, 0) is 67.6 Å². The third-order valence-corrected chi connectivity index (χ3v) is 6.75. The summed E-state index contributed by atoms with van der Waals surface area (Å²) in [4.78, 5) is 35.2. The molecule has 1 atom stereocenters. The normalized spacial score (nSPS) is 14.9. The topological polar surface area (TPSA) is 79.7 Å². The first-order valence-corrected chi connectivity index (χ1v) is 12.2. The van der Waals surface area contributed by atoms with E-state index in [1.54, 1.807) is 65.1 Å². The van der Waals surface area contributed by atoms with Crippen molar-refractivity contribution < 1.29 is 13.9 Å². The molecular weight excluding hydrogens is 473 g/mol. The summed E-state index contributed by atoms with van der Waals surface area (Å²) in [5.74, 6) is 0.928. The number of methoxy groups -OCH3 is 1. The molecule has 1 aromatic heterocycles. The Morgan fingerprint density at radius 3 is 2.32 bits per heavy atom. The highest BCUT2D eigenvalue weighted by molar-refractivity contribution is 5.89. The van der Waals surface area contributed by atoms with Crippen LogP contribution in [-0.2, 0) is 0 Å². The van der Waals surface area contributed by atoms with E-state index in [0.717, 1.165) is 5.75 Å². The number of nitrogens with one attached hydrogen (secondary N) is 1. The number of para-hydroxylation sites is 1. The summed E-state index contributed by atoms with van der Waals surface area (Å²) in [6.07, 6.45) is 0. The van der Waals surface area contributed by atoms with Crippen molar-refractivity contribution in [3.63, 3.8) is 0 Å². The van der Waals surface area contributed by atoms with E-state index in [1.165, 1.54) is 12.1 Å². The highest BCUT2D eigenvalue weighted by Crippen LogP contribution is 2.24. The maximum atomic E-state index is 13.6. The van der Waals surface area contributed by atoms with Crippen molar-refractivity contribution in [3.8, 4) is 11.4 Å². The Bertz CT molecular complexity index is 1460. The second-order valence-electron chi connectivity index (χ2n) is 8.96. The Hall–Kier alpha value is -4.24. The predicted octanol–water partition coefficient (Wildman–Crippen LogP) is 4.44. The molecule has 1 aliphatic rings. The Labute approximate surface area is 213 Å². The summed E-state index contributed by atoms with van der Waals surface area (Å²) < 4.78 is 20.4. The van der Waals surface area contributed by atoms with Crippen molar-refractivity contribution in [2.24, 2.45) is 0 Å². The lowest BCUT2D eigenvalue weighted by Gasteiger charge is -2.38. The van der Waals surface area contributed by atoms with Crippen molar-refractivity contribution in [2.75, 3.05) is 38.6 Å². The smallest absolute Gasteiger partial charge is 0.321 e. The Morgan fingerprint density at radius 1 is 0.973 bits per heavy atom. The van der Waals surface area contributed by atoms with Gasteiger partial charge in [-0.25, -0.2) is 14.2 Å². The fourth-order valence-corrected chi connectivity index (χ4v) is 4.62. The zero-order valence-electron chi connectivity index (χ0n) is 20.7. The summed E-state index contributed by atoms with van der Waals surface area (Å²) in [7, 11) is 1.60. The molecule has 1 saturated heterocycles. The van der Waals surface area contributed by atoms with Crippen molar-refractivity contribution >= 4 is 22.6 Å². The molecule has 1 fully saturated rings. The van der Waals surface area contributed by atoms with Gasteiger partial charge in [0.25, 0.3) is 5.56 Å². The fraction of sp³-hybridized carbons (Fsp3) is 0.250. The summed E-state index contributed by atoms with van der Waals surface area (Å²) in [5, 5.41) is 3.43. The molecule has 190 valence electrons. The molecule has 37 heavy (non-hydrogen) atoms. The molecule has 0 aliphatic carbocycles. The number of hydrogen-bond donors (Lipinski definition) is 1. The average molecular weight is 502 g/mol. The fourth-order valence-electron chi connectivity index (χ4n) is 4.62. The molecule has 2 amide bonds. The van der Waals surface area contributed by atoms with Gasteiger partial charge in [0.1, 0.15) is 17.4 Å². The number of carbonyl (C=O) groups is 1. The van der Waals surface area contributed by atoms with E-state index in [-0.39, 0.29) is 23.4 Å². The maximum Gasteiger partial charge on any atom is 0.321 e. The molecule has 8 nitrogen and oxygen atoms in total. The lowest BCUT2D eigenvalue weighted by atomic mass is 10.1. The van der Waals surface area contributed by atoms with Crippen molar-refractivity contribution in [1.82, 2.24) is 19.4 Å². The SMILES string of the molecule is COc1ccc(NC(=O)N2CCN(C(C)c3nc4ccccc4c(=O)n3-c3ccc(F)cc3)CC2)cc1. The maximum absolute atomic E-state index is 13.6. The van der Waals surface area contributed by atoms with E-state index in [9.17, 15) is 14.0 Å². The van der Waals surface area contributed by atoms with Gasteiger partial charge in [-0.2, -0.15) is 0 Å². The van der Waals surface area contributed by atoms with Crippen molar-refractivity contribution in [1.29, 1.82) is 0 Å². The zero-order chi connectivity index (χ0) is 25.9. The predicted molar refractivity (Wildman–Crippen MR) is 141 cm³/mol. The third kappa shape index (κ3) is 5.03. The highest BCUT2D eigenvalue weighted by Gasteiger charge is 2.28. The summed E-state index contributed by atoms with van der Waals surface area (Å²) in [5.41, 5.74) is 1.68. The van der Waals surface area contributed by atoms with Crippen molar-refractivity contribution in [3.05, 3.63) is 94.8 Å². The minimum Gasteiger partial charge on any atom is -0.497 e. The minimum atomic E-state index is -0.371.